The van der Waals surface area contributed by atoms with Crippen molar-refractivity contribution < 1.29 is 23.8 Å². The highest BCUT2D eigenvalue weighted by molar-refractivity contribution is 5.96. The number of aryl methyl sites for hydroxylation is 2. The molecule has 0 radical (unpaired) electrons. The van der Waals surface area contributed by atoms with E-state index in [0.717, 1.165) is 16.3 Å². The van der Waals surface area contributed by atoms with Gasteiger partial charge in [-0.1, -0.05) is 0 Å². The fraction of sp³-hybridized carbons (Fsp3) is 0.368. The molecule has 26 heavy (non-hydrogen) atoms. The number of nitrogens with zero attached hydrogens (tertiary/aromatic N) is 1. The third-order valence-electron chi connectivity index (χ3n) is 4.62. The first-order valence-electron chi connectivity index (χ1n) is 8.28. The van der Waals surface area contributed by atoms with Gasteiger partial charge in [0.25, 0.3) is 0 Å². The Hall–Kier alpha value is -2.64. The van der Waals surface area contributed by atoms with Crippen LogP contribution in [0.3, 0.4) is 0 Å². The largest absolute Gasteiger partial charge is 0.464 e. The van der Waals surface area contributed by atoms with Gasteiger partial charge in [0.2, 0.25) is 5.91 Å². The molecule has 0 bridgehead atoms. The summed E-state index contributed by atoms with van der Waals surface area (Å²) in [6.45, 7) is 3.26. The van der Waals surface area contributed by atoms with E-state index in [1.165, 1.54) is 11.9 Å². The molecule has 0 aliphatic carbocycles. The summed E-state index contributed by atoms with van der Waals surface area (Å²) in [6, 6.07) is 3.58. The number of hydrogen-bond donors (Lipinski definition) is 2. The SMILES string of the molecule is Cc1coc2cc3oc(=O)c(CC(=O)N(C)C[C@@H](O)CO)c(C)c3cc12. The van der Waals surface area contributed by atoms with Crippen LogP contribution < -0.4 is 5.63 Å². The first-order valence-corrected chi connectivity index (χ1v) is 8.28. The lowest BCUT2D eigenvalue weighted by Gasteiger charge is -2.20. The molecule has 2 N–H and O–H groups in total. The van der Waals surface area contributed by atoms with E-state index in [1.807, 2.05) is 13.0 Å². The number of benzene rings is 1. The molecule has 1 amide bonds. The zero-order valence-electron chi connectivity index (χ0n) is 14.9. The van der Waals surface area contributed by atoms with Crippen LogP contribution in [-0.2, 0) is 11.2 Å². The maximum Gasteiger partial charge on any atom is 0.340 e. The second-order valence-corrected chi connectivity index (χ2v) is 6.54. The summed E-state index contributed by atoms with van der Waals surface area (Å²) >= 11 is 0. The van der Waals surface area contributed by atoms with E-state index >= 15 is 0 Å². The van der Waals surface area contributed by atoms with Crippen molar-refractivity contribution in [1.29, 1.82) is 0 Å². The molecular weight excluding hydrogens is 338 g/mol. The first kappa shape index (κ1) is 18.2. The Morgan fingerprint density at radius 3 is 2.65 bits per heavy atom. The van der Waals surface area contributed by atoms with E-state index in [9.17, 15) is 14.7 Å². The molecule has 0 spiro atoms. The number of rotatable bonds is 5. The van der Waals surface area contributed by atoms with E-state index < -0.39 is 18.3 Å². The van der Waals surface area contributed by atoms with E-state index in [1.54, 1.807) is 19.3 Å². The standard InChI is InChI=1S/C19H21NO6/c1-10-9-25-16-6-17-14(4-13(10)16)11(2)15(19(24)26-17)5-18(23)20(3)7-12(22)8-21/h4,6,9,12,21-22H,5,7-8H2,1-3H3/t12-/m1/s1. The Morgan fingerprint density at radius 2 is 1.96 bits per heavy atom. The van der Waals surface area contributed by atoms with Crippen LogP contribution in [0.5, 0.6) is 0 Å². The van der Waals surface area contributed by atoms with E-state index in [4.69, 9.17) is 13.9 Å². The summed E-state index contributed by atoms with van der Waals surface area (Å²) in [6.07, 6.45) is 0.486. The molecule has 0 saturated carbocycles. The number of aliphatic hydroxyl groups excluding tert-OH is 2. The number of furan rings is 1. The molecule has 0 fully saturated rings. The molecule has 2 heterocycles. The zero-order valence-corrected chi connectivity index (χ0v) is 14.9. The van der Waals surface area contributed by atoms with Gasteiger partial charge in [0.05, 0.1) is 31.0 Å². The highest BCUT2D eigenvalue weighted by atomic mass is 16.4. The molecule has 138 valence electrons. The van der Waals surface area contributed by atoms with Crippen LogP contribution in [0.1, 0.15) is 16.7 Å². The third kappa shape index (κ3) is 3.23. The van der Waals surface area contributed by atoms with E-state index in [2.05, 4.69) is 0 Å². The van der Waals surface area contributed by atoms with Crippen molar-refractivity contribution in [3.63, 3.8) is 0 Å². The molecule has 7 heteroatoms. The van der Waals surface area contributed by atoms with Crippen LogP contribution in [0.25, 0.3) is 21.9 Å². The van der Waals surface area contributed by atoms with Gasteiger partial charge in [0.1, 0.15) is 11.2 Å². The van der Waals surface area contributed by atoms with E-state index in [-0.39, 0.29) is 24.4 Å². The molecule has 7 nitrogen and oxygen atoms in total. The quantitative estimate of drug-likeness (QED) is 0.669. The van der Waals surface area contributed by atoms with E-state index in [0.29, 0.717) is 16.7 Å². The summed E-state index contributed by atoms with van der Waals surface area (Å²) < 4.78 is 10.8. The minimum atomic E-state index is -1.02. The molecule has 3 aromatic rings. The molecule has 3 rings (SSSR count). The zero-order chi connectivity index (χ0) is 19.0. The fourth-order valence-corrected chi connectivity index (χ4v) is 3.00. The molecule has 0 aliphatic rings. The molecular formula is C19H21NO6. The second-order valence-electron chi connectivity index (χ2n) is 6.54. The van der Waals surface area contributed by atoms with Gasteiger partial charge in [0, 0.05) is 30.4 Å². The Labute approximate surface area is 149 Å². The summed E-state index contributed by atoms with van der Waals surface area (Å²) in [4.78, 5) is 26.0. The van der Waals surface area contributed by atoms with Gasteiger partial charge < -0.3 is 23.9 Å². The van der Waals surface area contributed by atoms with Crippen LogP contribution in [0.15, 0.2) is 32.0 Å². The lowest BCUT2D eigenvalue weighted by molar-refractivity contribution is -0.130. The lowest BCUT2D eigenvalue weighted by atomic mass is 10.0. The van der Waals surface area contributed by atoms with Crippen LogP contribution in [-0.4, -0.2) is 47.3 Å². The Kier molecular flexibility index (Phi) is 4.84. The van der Waals surface area contributed by atoms with Gasteiger partial charge in [-0.15, -0.1) is 0 Å². The Balaban J connectivity index is 2.00. The first-order chi connectivity index (χ1) is 12.3. The van der Waals surface area contributed by atoms with Gasteiger partial charge in [-0.3, -0.25) is 4.79 Å². The predicted molar refractivity (Wildman–Crippen MR) is 96.2 cm³/mol. The van der Waals surface area contributed by atoms with Gasteiger partial charge in [-0.2, -0.15) is 0 Å². The number of aliphatic hydroxyl groups is 2. The highest BCUT2D eigenvalue weighted by Crippen LogP contribution is 2.28. The smallest absolute Gasteiger partial charge is 0.340 e. The lowest BCUT2D eigenvalue weighted by Crippen LogP contribution is -2.37. The number of likely N-dealkylation sites (N-methyl/N-ethyl adjacent to an activating group) is 1. The van der Waals surface area contributed by atoms with Crippen molar-refractivity contribution >= 4 is 27.8 Å². The predicted octanol–water partition coefficient (Wildman–Crippen LogP) is 1.51. The van der Waals surface area contributed by atoms with Crippen molar-refractivity contribution in [2.75, 3.05) is 20.2 Å². The number of fused-ring (bicyclic) bond motifs is 2. The second kappa shape index (κ2) is 6.93. The number of carbonyl (C=O) groups excluding carboxylic acids is 1. The van der Waals surface area contributed by atoms with Crippen molar-refractivity contribution in [3.8, 4) is 0 Å². The van der Waals surface area contributed by atoms with Crippen molar-refractivity contribution in [2.24, 2.45) is 0 Å². The average Bonchev–Trinajstić information content (AvgIpc) is 2.97. The normalized spacial score (nSPS) is 12.7. The van der Waals surface area contributed by atoms with Crippen LogP contribution >= 0.6 is 0 Å². The summed E-state index contributed by atoms with van der Waals surface area (Å²) in [5, 5.41) is 20.0. The fourth-order valence-electron chi connectivity index (χ4n) is 3.00. The molecule has 1 aromatic carbocycles. The van der Waals surface area contributed by atoms with Crippen molar-refractivity contribution in [2.45, 2.75) is 26.4 Å². The highest BCUT2D eigenvalue weighted by Gasteiger charge is 2.19. The summed E-state index contributed by atoms with van der Waals surface area (Å²) in [7, 11) is 1.51. The van der Waals surface area contributed by atoms with Crippen LogP contribution in [0, 0.1) is 13.8 Å². The molecule has 0 saturated heterocycles. The van der Waals surface area contributed by atoms with Crippen LogP contribution in [0.4, 0.5) is 0 Å². The van der Waals surface area contributed by atoms with Gasteiger partial charge in [-0.25, -0.2) is 4.79 Å². The van der Waals surface area contributed by atoms with Gasteiger partial charge in [-0.05, 0) is 31.0 Å². The molecule has 1 atom stereocenters. The van der Waals surface area contributed by atoms with Gasteiger partial charge >= 0.3 is 5.63 Å². The maximum atomic E-state index is 12.4. The Bertz CT molecular complexity index is 1030. The maximum absolute atomic E-state index is 12.4. The van der Waals surface area contributed by atoms with Gasteiger partial charge in [0.15, 0.2) is 0 Å². The minimum Gasteiger partial charge on any atom is -0.464 e. The minimum absolute atomic E-state index is 0.0118. The number of carbonyl (C=O) groups is 1. The number of hydrogen-bond acceptors (Lipinski definition) is 6. The summed E-state index contributed by atoms with van der Waals surface area (Å²) in [5.41, 5.74) is 2.43. The van der Waals surface area contributed by atoms with Crippen molar-refractivity contribution in [3.05, 3.63) is 45.5 Å². The third-order valence-corrected chi connectivity index (χ3v) is 4.62. The van der Waals surface area contributed by atoms with Crippen molar-refractivity contribution in [1.82, 2.24) is 4.90 Å². The molecule has 0 unspecified atom stereocenters. The topological polar surface area (TPSA) is 104 Å². The number of amides is 1. The molecule has 0 aliphatic heterocycles. The van der Waals surface area contributed by atoms with Crippen LogP contribution in [0.2, 0.25) is 0 Å². The average molecular weight is 359 g/mol. The summed E-state index contributed by atoms with van der Waals surface area (Å²) in [5.74, 6) is -0.340. The Morgan fingerprint density at radius 1 is 1.23 bits per heavy atom. The monoisotopic (exact) mass is 359 g/mol. The molecule has 2 aromatic heterocycles.